The molecule has 2 nitrogen and oxygen atoms in total. The summed E-state index contributed by atoms with van der Waals surface area (Å²) in [7, 11) is 0. The van der Waals surface area contributed by atoms with E-state index < -0.39 is 17.6 Å². The number of hydrogen-bond donors (Lipinski definition) is 0. The van der Waals surface area contributed by atoms with E-state index in [4.69, 9.17) is 16.4 Å². The van der Waals surface area contributed by atoms with Gasteiger partial charge in [-0.15, -0.1) is 0 Å². The van der Waals surface area contributed by atoms with Crippen molar-refractivity contribution in [2.45, 2.75) is 19.5 Å². The molecule has 0 aromatic heterocycles. The number of benzene rings is 2. The summed E-state index contributed by atoms with van der Waals surface area (Å²) in [6, 6.07) is 8.25. The van der Waals surface area contributed by atoms with Gasteiger partial charge in [-0.05, 0) is 48.9 Å². The van der Waals surface area contributed by atoms with Crippen LogP contribution in [-0.2, 0) is 6.18 Å². The summed E-state index contributed by atoms with van der Waals surface area (Å²) < 4.78 is 52.1. The molecule has 0 atom stereocenters. The molecule has 0 N–H and O–H groups in total. The Labute approximate surface area is 135 Å². The summed E-state index contributed by atoms with van der Waals surface area (Å²) in [5, 5.41) is 3.93. The maximum absolute atomic E-state index is 13.1. The highest BCUT2D eigenvalue weighted by molar-refractivity contribution is 6.31. The van der Waals surface area contributed by atoms with E-state index in [1.165, 1.54) is 24.3 Å². The van der Waals surface area contributed by atoms with E-state index in [1.807, 2.05) is 0 Å². The molecule has 0 saturated heterocycles. The smallest absolute Gasteiger partial charge is 0.357 e. The Bertz CT molecular complexity index is 711. The van der Waals surface area contributed by atoms with E-state index in [1.54, 1.807) is 6.92 Å². The highest BCUT2D eigenvalue weighted by Gasteiger charge is 2.34. The first kappa shape index (κ1) is 17.3. The topological polar surface area (TPSA) is 21.6 Å². The van der Waals surface area contributed by atoms with Crippen LogP contribution >= 0.6 is 11.6 Å². The highest BCUT2D eigenvalue weighted by Crippen LogP contribution is 2.34. The summed E-state index contributed by atoms with van der Waals surface area (Å²) in [5.41, 5.74) is -0.899. The molecule has 0 aliphatic rings. The number of hydrogen-bond acceptors (Lipinski definition) is 2. The van der Waals surface area contributed by atoms with Crippen LogP contribution < -0.4 is 4.84 Å². The molecule has 2 rings (SSSR count). The molecule has 0 spiro atoms. The van der Waals surface area contributed by atoms with Gasteiger partial charge in [0.15, 0.2) is 5.75 Å². The predicted molar refractivity (Wildman–Crippen MR) is 80.3 cm³/mol. The Morgan fingerprint density at radius 2 is 1.78 bits per heavy atom. The Balaban J connectivity index is 2.38. The van der Waals surface area contributed by atoms with Crippen molar-refractivity contribution in [3.8, 4) is 5.75 Å². The molecule has 0 heterocycles. The van der Waals surface area contributed by atoms with Crippen LogP contribution in [-0.4, -0.2) is 5.71 Å². The fraction of sp³-hybridized carbons (Fsp3) is 0.188. The lowest BCUT2D eigenvalue weighted by Gasteiger charge is -2.14. The molecule has 0 fully saturated rings. The first-order chi connectivity index (χ1) is 10.8. The van der Waals surface area contributed by atoms with Gasteiger partial charge in [-0.2, -0.15) is 13.2 Å². The number of halogens is 5. The second-order valence-corrected chi connectivity index (χ2v) is 5.06. The molecule has 0 radical (unpaired) electrons. The van der Waals surface area contributed by atoms with Crippen LogP contribution in [0.2, 0.25) is 5.02 Å². The van der Waals surface area contributed by atoms with Gasteiger partial charge < -0.3 is 4.84 Å². The second-order valence-electron chi connectivity index (χ2n) is 4.62. The van der Waals surface area contributed by atoms with Crippen molar-refractivity contribution >= 4 is 17.3 Å². The Morgan fingerprint density at radius 1 is 1.13 bits per heavy atom. The van der Waals surface area contributed by atoms with Crippen molar-refractivity contribution in [3.05, 3.63) is 64.4 Å². The average molecular weight is 346 g/mol. The van der Waals surface area contributed by atoms with E-state index in [0.29, 0.717) is 0 Å². The fourth-order valence-corrected chi connectivity index (χ4v) is 2.08. The van der Waals surface area contributed by atoms with Gasteiger partial charge in [-0.3, -0.25) is 0 Å². The van der Waals surface area contributed by atoms with Gasteiger partial charge in [0, 0.05) is 10.6 Å². The van der Waals surface area contributed by atoms with E-state index in [0.717, 1.165) is 18.2 Å². The average Bonchev–Trinajstić information content (AvgIpc) is 2.48. The standard InChI is InChI=1S/C16H12ClF4NO/c1-2-15(22-23-12-6-4-11(18)5-7-12)13-9-10(17)3-8-14(13)16(19,20)21/h3-9H,2H2,1H3/b22-15+. The van der Waals surface area contributed by atoms with Crippen molar-refractivity contribution in [1.82, 2.24) is 0 Å². The van der Waals surface area contributed by atoms with Gasteiger partial charge in [0.1, 0.15) is 5.82 Å². The third-order valence-electron chi connectivity index (χ3n) is 3.01. The molecule has 0 unspecified atom stereocenters. The lowest BCUT2D eigenvalue weighted by atomic mass is 10.0. The van der Waals surface area contributed by atoms with Gasteiger partial charge in [0.25, 0.3) is 0 Å². The minimum absolute atomic E-state index is 0.0872. The third-order valence-corrected chi connectivity index (χ3v) is 3.24. The summed E-state index contributed by atoms with van der Waals surface area (Å²) in [4.78, 5) is 5.09. The van der Waals surface area contributed by atoms with Gasteiger partial charge in [0.05, 0.1) is 11.3 Å². The number of nitrogens with zero attached hydrogens (tertiary/aromatic N) is 1. The molecule has 0 aliphatic carbocycles. The zero-order valence-electron chi connectivity index (χ0n) is 12.0. The van der Waals surface area contributed by atoms with Crippen LogP contribution in [0.3, 0.4) is 0 Å². The highest BCUT2D eigenvalue weighted by atomic mass is 35.5. The normalized spacial score (nSPS) is 12.3. The Kier molecular flexibility index (Phi) is 5.26. The van der Waals surface area contributed by atoms with Crippen LogP contribution in [0.25, 0.3) is 0 Å². The van der Waals surface area contributed by atoms with Crippen LogP contribution in [0.5, 0.6) is 5.75 Å². The zero-order valence-corrected chi connectivity index (χ0v) is 12.7. The predicted octanol–water partition coefficient (Wildman–Crippen LogP) is 5.69. The molecule has 2 aromatic rings. The summed E-state index contributed by atoms with van der Waals surface area (Å²) in [6.45, 7) is 1.65. The molecule has 0 saturated carbocycles. The molecular weight excluding hydrogens is 334 g/mol. The Hall–Kier alpha value is -2.08. The quantitative estimate of drug-likeness (QED) is 0.396. The first-order valence-corrected chi connectivity index (χ1v) is 7.05. The molecule has 0 aliphatic heterocycles. The number of oxime groups is 1. The first-order valence-electron chi connectivity index (χ1n) is 6.68. The van der Waals surface area contributed by atoms with Gasteiger partial charge in [0.2, 0.25) is 0 Å². The molecule has 7 heteroatoms. The Morgan fingerprint density at radius 3 is 2.35 bits per heavy atom. The van der Waals surface area contributed by atoms with Crippen molar-refractivity contribution in [2.75, 3.05) is 0 Å². The zero-order chi connectivity index (χ0) is 17.0. The molecular formula is C16H12ClF4NO. The summed E-state index contributed by atoms with van der Waals surface area (Å²) in [5.74, 6) is -0.237. The molecule has 0 bridgehead atoms. The third kappa shape index (κ3) is 4.45. The molecule has 23 heavy (non-hydrogen) atoms. The second kappa shape index (κ2) is 7.00. The van der Waals surface area contributed by atoms with Gasteiger partial charge >= 0.3 is 6.18 Å². The summed E-state index contributed by atoms with van der Waals surface area (Å²) >= 11 is 5.80. The van der Waals surface area contributed by atoms with Crippen molar-refractivity contribution in [2.24, 2.45) is 5.16 Å². The number of rotatable bonds is 4. The van der Waals surface area contributed by atoms with Crippen LogP contribution in [0, 0.1) is 5.82 Å². The van der Waals surface area contributed by atoms with Gasteiger partial charge in [-0.1, -0.05) is 23.7 Å². The molecule has 0 amide bonds. The number of alkyl halides is 3. The van der Waals surface area contributed by atoms with Crippen molar-refractivity contribution in [3.63, 3.8) is 0 Å². The maximum Gasteiger partial charge on any atom is 0.417 e. The van der Waals surface area contributed by atoms with Crippen LogP contribution in [0.4, 0.5) is 17.6 Å². The molecule has 122 valence electrons. The monoisotopic (exact) mass is 345 g/mol. The summed E-state index contributed by atoms with van der Waals surface area (Å²) in [6.07, 6.45) is -4.34. The van der Waals surface area contributed by atoms with Crippen molar-refractivity contribution < 1.29 is 22.4 Å². The maximum atomic E-state index is 13.1. The van der Waals surface area contributed by atoms with Crippen LogP contribution in [0.15, 0.2) is 47.6 Å². The van der Waals surface area contributed by atoms with Crippen molar-refractivity contribution in [1.29, 1.82) is 0 Å². The lowest BCUT2D eigenvalue weighted by molar-refractivity contribution is -0.137. The van der Waals surface area contributed by atoms with E-state index >= 15 is 0 Å². The van der Waals surface area contributed by atoms with Crippen LogP contribution in [0.1, 0.15) is 24.5 Å². The van der Waals surface area contributed by atoms with Gasteiger partial charge in [-0.25, -0.2) is 4.39 Å². The molecule has 2 aromatic carbocycles. The van der Waals surface area contributed by atoms with E-state index in [9.17, 15) is 17.6 Å². The fourth-order valence-electron chi connectivity index (χ4n) is 1.91. The van der Waals surface area contributed by atoms with E-state index in [2.05, 4.69) is 5.16 Å². The SMILES string of the molecule is CC/C(=N\Oc1ccc(F)cc1)c1cc(Cl)ccc1C(F)(F)F. The van der Waals surface area contributed by atoms with E-state index in [-0.39, 0.29) is 28.5 Å². The minimum Gasteiger partial charge on any atom is -0.357 e. The largest absolute Gasteiger partial charge is 0.417 e. The minimum atomic E-state index is -4.54. The lowest BCUT2D eigenvalue weighted by Crippen LogP contribution is -2.14.